The van der Waals surface area contributed by atoms with E-state index in [1.54, 1.807) is 23.1 Å². The summed E-state index contributed by atoms with van der Waals surface area (Å²) in [7, 11) is 0. The highest BCUT2D eigenvalue weighted by molar-refractivity contribution is 5.81. The second-order valence-corrected chi connectivity index (χ2v) is 8.01. The number of nitrogens with zero attached hydrogens (tertiary/aromatic N) is 2. The van der Waals surface area contributed by atoms with Gasteiger partial charge in [-0.15, -0.1) is 0 Å². The molecule has 1 aromatic rings. The maximum absolute atomic E-state index is 12.6. The average Bonchev–Trinajstić information content (AvgIpc) is 3.38. The van der Waals surface area contributed by atoms with Gasteiger partial charge in [0.1, 0.15) is 12.1 Å². The fourth-order valence-electron chi connectivity index (χ4n) is 4.00. The van der Waals surface area contributed by atoms with Gasteiger partial charge in [-0.05, 0) is 37.2 Å². The molecule has 0 radical (unpaired) electrons. The Morgan fingerprint density at radius 2 is 1.96 bits per heavy atom. The molecule has 0 saturated heterocycles. The summed E-state index contributed by atoms with van der Waals surface area (Å²) in [5, 5.41) is 28.1. The molecule has 1 aromatic heterocycles. The van der Waals surface area contributed by atoms with Crippen LogP contribution in [0, 0.1) is 11.8 Å². The first kappa shape index (κ1) is 19.3. The number of carbonyl (C=O) groups excluding carboxylic acids is 1. The molecule has 4 atom stereocenters. The van der Waals surface area contributed by atoms with Gasteiger partial charge in [-0.2, -0.15) is 5.10 Å². The van der Waals surface area contributed by atoms with Gasteiger partial charge in [0.2, 0.25) is 5.91 Å². The molecule has 2 saturated carbocycles. The molecular weight excluding hydrogens is 332 g/mol. The Morgan fingerprint density at radius 1 is 1.23 bits per heavy atom. The Kier molecular flexibility index (Phi) is 6.67. The van der Waals surface area contributed by atoms with Crippen LogP contribution >= 0.6 is 0 Å². The summed E-state index contributed by atoms with van der Waals surface area (Å²) >= 11 is 0. The second-order valence-electron chi connectivity index (χ2n) is 8.01. The molecule has 7 heteroatoms. The molecule has 26 heavy (non-hydrogen) atoms. The lowest BCUT2D eigenvalue weighted by atomic mass is 9.82. The highest BCUT2D eigenvalue weighted by Crippen LogP contribution is 2.36. The molecular formula is C19H32N4O3. The molecule has 2 aliphatic rings. The van der Waals surface area contributed by atoms with Crippen LogP contribution in [0.2, 0.25) is 0 Å². The maximum Gasteiger partial charge on any atom is 0.239 e. The fourth-order valence-corrected chi connectivity index (χ4v) is 4.00. The van der Waals surface area contributed by atoms with Crippen molar-refractivity contribution in [2.24, 2.45) is 17.6 Å². The molecule has 1 heterocycles. The lowest BCUT2D eigenvalue weighted by Crippen LogP contribution is -2.54. The number of aromatic nitrogens is 2. The van der Waals surface area contributed by atoms with Crippen molar-refractivity contribution in [3.05, 3.63) is 18.5 Å². The number of aliphatic hydroxyl groups excluding tert-OH is 2. The summed E-state index contributed by atoms with van der Waals surface area (Å²) in [6.07, 6.45) is 10.2. The van der Waals surface area contributed by atoms with Crippen LogP contribution in [0.4, 0.5) is 0 Å². The van der Waals surface area contributed by atoms with Gasteiger partial charge in [0, 0.05) is 12.4 Å². The number of amides is 1. The molecule has 0 bridgehead atoms. The van der Waals surface area contributed by atoms with Gasteiger partial charge in [0.15, 0.2) is 0 Å². The van der Waals surface area contributed by atoms with Gasteiger partial charge in [-0.1, -0.05) is 32.1 Å². The molecule has 3 rings (SSSR count). The van der Waals surface area contributed by atoms with Gasteiger partial charge in [-0.3, -0.25) is 9.48 Å². The van der Waals surface area contributed by atoms with E-state index in [9.17, 15) is 15.0 Å². The topological polar surface area (TPSA) is 113 Å². The third-order valence-corrected chi connectivity index (χ3v) is 5.79. The molecule has 1 amide bonds. The first-order valence-corrected chi connectivity index (χ1v) is 9.94. The maximum atomic E-state index is 12.6. The van der Waals surface area contributed by atoms with Crippen LogP contribution in [0.15, 0.2) is 18.5 Å². The Labute approximate surface area is 155 Å². The van der Waals surface area contributed by atoms with E-state index in [-0.39, 0.29) is 18.4 Å². The van der Waals surface area contributed by atoms with E-state index < -0.39 is 24.3 Å². The molecule has 0 aromatic carbocycles. The van der Waals surface area contributed by atoms with Crippen molar-refractivity contribution in [2.45, 2.75) is 82.2 Å². The fraction of sp³-hybridized carbons (Fsp3) is 0.789. The van der Waals surface area contributed by atoms with Crippen molar-refractivity contribution in [3.8, 4) is 0 Å². The minimum absolute atomic E-state index is 0.161. The minimum atomic E-state index is -0.940. The van der Waals surface area contributed by atoms with E-state index >= 15 is 0 Å². The minimum Gasteiger partial charge on any atom is -0.390 e. The molecule has 146 valence electrons. The van der Waals surface area contributed by atoms with Crippen molar-refractivity contribution in [1.82, 2.24) is 15.1 Å². The average molecular weight is 364 g/mol. The van der Waals surface area contributed by atoms with Crippen molar-refractivity contribution in [3.63, 3.8) is 0 Å². The first-order valence-electron chi connectivity index (χ1n) is 9.94. The van der Waals surface area contributed by atoms with Crippen LogP contribution in [0.5, 0.6) is 0 Å². The van der Waals surface area contributed by atoms with Crippen molar-refractivity contribution >= 4 is 5.91 Å². The van der Waals surface area contributed by atoms with E-state index in [1.165, 1.54) is 19.3 Å². The standard InChI is InChI=1S/C19H32N4O3/c20-15(12-23-10-4-9-21-23)19(26)22-16(11-13-5-2-1-3-6-13)18(25)17(24)14-7-8-14/h4,9-10,13-18,24-25H,1-3,5-8,11-12,20H2,(H,22,26)/t15?,16-,17-,18+/m0/s1. The summed E-state index contributed by atoms with van der Waals surface area (Å²) in [4.78, 5) is 12.6. The molecule has 1 unspecified atom stereocenters. The van der Waals surface area contributed by atoms with Crippen LogP contribution in [-0.4, -0.2) is 50.2 Å². The van der Waals surface area contributed by atoms with Gasteiger partial charge >= 0.3 is 0 Å². The zero-order valence-corrected chi connectivity index (χ0v) is 15.3. The van der Waals surface area contributed by atoms with E-state index in [0.717, 1.165) is 25.7 Å². The lowest BCUT2D eigenvalue weighted by molar-refractivity contribution is -0.125. The molecule has 2 aliphatic carbocycles. The van der Waals surface area contributed by atoms with Crippen LogP contribution in [0.25, 0.3) is 0 Å². The molecule has 0 aliphatic heterocycles. The van der Waals surface area contributed by atoms with E-state index in [0.29, 0.717) is 12.3 Å². The summed E-state index contributed by atoms with van der Waals surface area (Å²) in [6.45, 7) is 0.288. The summed E-state index contributed by atoms with van der Waals surface area (Å²) in [5.74, 6) is 0.342. The highest BCUT2D eigenvalue weighted by Gasteiger charge is 2.39. The summed E-state index contributed by atoms with van der Waals surface area (Å²) < 4.78 is 1.62. The zero-order valence-electron chi connectivity index (χ0n) is 15.3. The van der Waals surface area contributed by atoms with Gasteiger partial charge in [0.05, 0.1) is 18.7 Å². The Hall–Kier alpha value is -1.44. The SMILES string of the molecule is NC(Cn1cccn1)C(=O)N[C@@H](CC1CCCCC1)[C@@H](O)[C@@H](O)C1CC1. The Morgan fingerprint density at radius 3 is 2.58 bits per heavy atom. The lowest BCUT2D eigenvalue weighted by Gasteiger charge is -2.33. The number of nitrogens with one attached hydrogen (secondary N) is 1. The third-order valence-electron chi connectivity index (χ3n) is 5.79. The first-order chi connectivity index (χ1) is 12.5. The van der Waals surface area contributed by atoms with Crippen molar-refractivity contribution in [1.29, 1.82) is 0 Å². The number of rotatable bonds is 9. The van der Waals surface area contributed by atoms with Gasteiger partial charge in [-0.25, -0.2) is 0 Å². The number of hydrogen-bond donors (Lipinski definition) is 4. The largest absolute Gasteiger partial charge is 0.390 e. The molecule has 5 N–H and O–H groups in total. The van der Waals surface area contributed by atoms with Crippen LogP contribution in [-0.2, 0) is 11.3 Å². The van der Waals surface area contributed by atoms with Crippen LogP contribution < -0.4 is 11.1 Å². The molecule has 7 nitrogen and oxygen atoms in total. The summed E-state index contributed by atoms with van der Waals surface area (Å²) in [5.41, 5.74) is 6.02. The second kappa shape index (κ2) is 8.97. The predicted octanol–water partition coefficient (Wildman–Crippen LogP) is 0.797. The Balaban J connectivity index is 1.60. The van der Waals surface area contributed by atoms with Crippen molar-refractivity contribution < 1.29 is 15.0 Å². The van der Waals surface area contributed by atoms with E-state index in [2.05, 4.69) is 10.4 Å². The van der Waals surface area contributed by atoms with Crippen LogP contribution in [0.1, 0.15) is 51.4 Å². The molecule has 0 spiro atoms. The number of carbonyl (C=O) groups is 1. The Bertz CT molecular complexity index is 555. The predicted molar refractivity (Wildman–Crippen MR) is 98.1 cm³/mol. The monoisotopic (exact) mass is 364 g/mol. The van der Waals surface area contributed by atoms with Gasteiger partial charge < -0.3 is 21.3 Å². The summed E-state index contributed by atoms with van der Waals surface area (Å²) in [6, 6.07) is 0.589. The van der Waals surface area contributed by atoms with Gasteiger partial charge in [0.25, 0.3) is 0 Å². The number of aliphatic hydroxyl groups is 2. The number of nitrogens with two attached hydrogens (primary N) is 1. The van der Waals surface area contributed by atoms with Crippen molar-refractivity contribution in [2.75, 3.05) is 0 Å². The normalized spacial score (nSPS) is 23.2. The molecule has 2 fully saturated rings. The smallest absolute Gasteiger partial charge is 0.239 e. The quantitative estimate of drug-likeness (QED) is 0.518. The highest BCUT2D eigenvalue weighted by atomic mass is 16.3. The van der Waals surface area contributed by atoms with Crippen LogP contribution in [0.3, 0.4) is 0 Å². The number of hydrogen-bond acceptors (Lipinski definition) is 5. The van der Waals surface area contributed by atoms with E-state index in [4.69, 9.17) is 5.73 Å². The zero-order chi connectivity index (χ0) is 18.5. The van der Waals surface area contributed by atoms with E-state index in [1.807, 2.05) is 0 Å². The third kappa shape index (κ3) is 5.28.